The molecule has 2 amide bonds. The Morgan fingerprint density at radius 2 is 1.52 bits per heavy atom. The maximum Gasteiger partial charge on any atom is 0.264 e. The van der Waals surface area contributed by atoms with Crippen LogP contribution in [0.5, 0.6) is 0 Å². The zero-order valence-electron chi connectivity index (χ0n) is 24.1. The molecule has 7 nitrogen and oxygen atoms in total. The zero-order valence-corrected chi connectivity index (χ0v) is 26.5. The lowest BCUT2D eigenvalue weighted by Crippen LogP contribution is -2.53. The molecular formula is C32H37Cl2N3O4S. The van der Waals surface area contributed by atoms with Gasteiger partial charge in [-0.2, -0.15) is 0 Å². The Balaban J connectivity index is 1.69. The number of hydrogen-bond donors (Lipinski definition) is 1. The van der Waals surface area contributed by atoms with Crippen molar-refractivity contribution in [3.63, 3.8) is 0 Å². The number of nitrogens with zero attached hydrogens (tertiary/aromatic N) is 2. The number of anilines is 1. The van der Waals surface area contributed by atoms with E-state index in [0.717, 1.165) is 47.5 Å². The van der Waals surface area contributed by atoms with Crippen LogP contribution in [0.2, 0.25) is 10.0 Å². The van der Waals surface area contributed by atoms with E-state index < -0.39 is 28.5 Å². The van der Waals surface area contributed by atoms with Crippen LogP contribution in [-0.2, 0) is 26.2 Å². The van der Waals surface area contributed by atoms with Crippen molar-refractivity contribution in [3.8, 4) is 0 Å². The Labute approximate surface area is 258 Å². The van der Waals surface area contributed by atoms with Crippen LogP contribution in [0.25, 0.3) is 0 Å². The number of carbonyl (C=O) groups is 2. The minimum Gasteiger partial charge on any atom is -0.352 e. The van der Waals surface area contributed by atoms with Crippen molar-refractivity contribution in [3.05, 3.63) is 93.5 Å². The average molecular weight is 631 g/mol. The van der Waals surface area contributed by atoms with Gasteiger partial charge in [-0.1, -0.05) is 72.3 Å². The molecule has 1 aliphatic rings. The Morgan fingerprint density at radius 3 is 2.14 bits per heavy atom. The molecular weight excluding hydrogens is 593 g/mol. The molecule has 1 saturated carbocycles. The Hall–Kier alpha value is -3.07. The van der Waals surface area contributed by atoms with Gasteiger partial charge in [0.15, 0.2) is 0 Å². The monoisotopic (exact) mass is 629 g/mol. The molecule has 0 spiro atoms. The van der Waals surface area contributed by atoms with Gasteiger partial charge in [0.05, 0.1) is 10.6 Å². The number of benzene rings is 3. The van der Waals surface area contributed by atoms with Gasteiger partial charge in [0, 0.05) is 22.6 Å². The highest BCUT2D eigenvalue weighted by Crippen LogP contribution is 2.30. The van der Waals surface area contributed by atoms with E-state index in [4.69, 9.17) is 23.2 Å². The van der Waals surface area contributed by atoms with Gasteiger partial charge in [0.25, 0.3) is 10.0 Å². The summed E-state index contributed by atoms with van der Waals surface area (Å²) < 4.78 is 29.2. The van der Waals surface area contributed by atoms with Gasteiger partial charge in [-0.15, -0.1) is 0 Å². The number of nitrogens with one attached hydrogen (secondary N) is 1. The highest BCUT2D eigenvalue weighted by Gasteiger charge is 2.33. The first-order chi connectivity index (χ1) is 20.0. The Bertz CT molecular complexity index is 1510. The van der Waals surface area contributed by atoms with Crippen molar-refractivity contribution in [2.24, 2.45) is 0 Å². The Morgan fingerprint density at radius 1 is 0.905 bits per heavy atom. The van der Waals surface area contributed by atoms with Crippen LogP contribution in [0, 0.1) is 13.8 Å². The second-order valence-electron chi connectivity index (χ2n) is 10.9. The van der Waals surface area contributed by atoms with E-state index >= 15 is 0 Å². The molecule has 1 aliphatic carbocycles. The first-order valence-corrected chi connectivity index (χ1v) is 16.3. The van der Waals surface area contributed by atoms with Crippen molar-refractivity contribution in [2.45, 2.75) is 76.4 Å². The van der Waals surface area contributed by atoms with E-state index in [2.05, 4.69) is 5.32 Å². The molecule has 3 aromatic carbocycles. The van der Waals surface area contributed by atoms with E-state index in [1.165, 1.54) is 17.0 Å². The third kappa shape index (κ3) is 7.85. The SMILES string of the molecule is Cc1ccc(S(=O)(=O)N(CC(=O)N(Cc2ccc(Cl)cc2)[C@H](C)C(=O)NC2CCCCC2)c2ccc(Cl)cc2C)cc1. The molecule has 1 atom stereocenters. The number of sulfonamides is 1. The first-order valence-electron chi connectivity index (χ1n) is 14.2. The Kier molecular flexibility index (Phi) is 10.6. The van der Waals surface area contributed by atoms with Crippen molar-refractivity contribution in [2.75, 3.05) is 10.8 Å². The van der Waals surface area contributed by atoms with Gasteiger partial charge < -0.3 is 10.2 Å². The number of halogens is 2. The van der Waals surface area contributed by atoms with E-state index in [1.807, 2.05) is 6.92 Å². The third-order valence-corrected chi connectivity index (χ3v) is 9.96. The first kappa shape index (κ1) is 31.9. The second-order valence-corrected chi connectivity index (χ2v) is 13.7. The lowest BCUT2D eigenvalue weighted by atomic mass is 9.95. The van der Waals surface area contributed by atoms with Gasteiger partial charge >= 0.3 is 0 Å². The van der Waals surface area contributed by atoms with Gasteiger partial charge in [0.1, 0.15) is 12.6 Å². The molecule has 0 aliphatic heterocycles. The number of amides is 2. The topological polar surface area (TPSA) is 86.8 Å². The van der Waals surface area contributed by atoms with Crippen molar-refractivity contribution >= 4 is 50.7 Å². The largest absolute Gasteiger partial charge is 0.352 e. The predicted molar refractivity (Wildman–Crippen MR) is 168 cm³/mol. The molecule has 42 heavy (non-hydrogen) atoms. The van der Waals surface area contributed by atoms with Crippen LogP contribution in [0.3, 0.4) is 0 Å². The highest BCUT2D eigenvalue weighted by atomic mass is 35.5. The average Bonchev–Trinajstić information content (AvgIpc) is 2.96. The van der Waals surface area contributed by atoms with E-state index in [1.54, 1.807) is 68.4 Å². The van der Waals surface area contributed by atoms with Gasteiger partial charge in [-0.3, -0.25) is 13.9 Å². The summed E-state index contributed by atoms with van der Waals surface area (Å²) in [5.41, 5.74) is 2.60. The molecule has 10 heteroatoms. The number of aryl methyl sites for hydroxylation is 2. The van der Waals surface area contributed by atoms with Crippen LogP contribution in [-0.4, -0.2) is 43.8 Å². The molecule has 1 fully saturated rings. The maximum atomic E-state index is 14.1. The van der Waals surface area contributed by atoms with Crippen molar-refractivity contribution in [1.29, 1.82) is 0 Å². The quantitative estimate of drug-likeness (QED) is 0.271. The molecule has 0 unspecified atom stereocenters. The summed E-state index contributed by atoms with van der Waals surface area (Å²) in [5.74, 6) is -0.777. The predicted octanol–water partition coefficient (Wildman–Crippen LogP) is 6.67. The van der Waals surface area contributed by atoms with Crippen molar-refractivity contribution in [1.82, 2.24) is 10.2 Å². The summed E-state index contributed by atoms with van der Waals surface area (Å²) in [6.07, 6.45) is 5.07. The molecule has 3 aromatic rings. The summed E-state index contributed by atoms with van der Waals surface area (Å²) in [4.78, 5) is 29.1. The standard InChI is InChI=1S/C32H37Cl2N3O4S/c1-22-9-16-29(17-10-22)42(40,41)37(30-18-15-27(34)19-23(30)2)21-31(38)36(20-25-11-13-26(33)14-12-25)24(3)32(39)35-28-7-5-4-6-8-28/h9-19,24,28H,4-8,20-21H2,1-3H3,(H,35,39)/t24-/m1/s1. The third-order valence-electron chi connectivity index (χ3n) is 7.70. The maximum absolute atomic E-state index is 14.1. The summed E-state index contributed by atoms with van der Waals surface area (Å²) >= 11 is 12.3. The summed E-state index contributed by atoms with van der Waals surface area (Å²) in [7, 11) is -4.16. The number of rotatable bonds is 10. The van der Waals surface area contributed by atoms with E-state index in [-0.39, 0.29) is 23.4 Å². The molecule has 0 saturated heterocycles. The molecule has 1 N–H and O–H groups in total. The summed E-state index contributed by atoms with van der Waals surface area (Å²) in [6.45, 7) is 4.89. The summed E-state index contributed by atoms with van der Waals surface area (Å²) in [6, 6.07) is 17.6. The number of hydrogen-bond acceptors (Lipinski definition) is 4. The molecule has 224 valence electrons. The lowest BCUT2D eigenvalue weighted by molar-refractivity contribution is -0.139. The molecule has 4 rings (SSSR count). The fourth-order valence-corrected chi connectivity index (χ4v) is 7.02. The van der Waals surface area contributed by atoms with E-state index in [0.29, 0.717) is 21.3 Å². The smallest absolute Gasteiger partial charge is 0.264 e. The van der Waals surface area contributed by atoms with Crippen LogP contribution < -0.4 is 9.62 Å². The zero-order chi connectivity index (χ0) is 30.4. The van der Waals surface area contributed by atoms with Crippen LogP contribution in [0.1, 0.15) is 55.7 Å². The molecule has 0 bridgehead atoms. The molecule has 0 heterocycles. The van der Waals surface area contributed by atoms with Crippen LogP contribution in [0.15, 0.2) is 71.6 Å². The minimum atomic E-state index is -4.16. The summed E-state index contributed by atoms with van der Waals surface area (Å²) in [5, 5.41) is 4.11. The van der Waals surface area contributed by atoms with Gasteiger partial charge in [-0.25, -0.2) is 8.42 Å². The van der Waals surface area contributed by atoms with Gasteiger partial charge in [-0.05, 0) is 87.2 Å². The second kappa shape index (κ2) is 13.9. The molecule has 0 radical (unpaired) electrons. The fourth-order valence-electron chi connectivity index (χ4n) is 5.19. The fraction of sp³-hybridized carbons (Fsp3) is 0.375. The van der Waals surface area contributed by atoms with Crippen LogP contribution >= 0.6 is 23.2 Å². The highest BCUT2D eigenvalue weighted by molar-refractivity contribution is 7.92. The van der Waals surface area contributed by atoms with E-state index in [9.17, 15) is 18.0 Å². The number of carbonyl (C=O) groups excluding carboxylic acids is 2. The van der Waals surface area contributed by atoms with Crippen molar-refractivity contribution < 1.29 is 18.0 Å². The van der Waals surface area contributed by atoms with Gasteiger partial charge in [0.2, 0.25) is 11.8 Å². The molecule has 0 aromatic heterocycles. The lowest BCUT2D eigenvalue weighted by Gasteiger charge is -2.33. The minimum absolute atomic E-state index is 0.0580. The van der Waals surface area contributed by atoms with Crippen LogP contribution in [0.4, 0.5) is 5.69 Å². The normalized spacial score (nSPS) is 14.7.